The summed E-state index contributed by atoms with van der Waals surface area (Å²) in [5.41, 5.74) is 2.44. The lowest BCUT2D eigenvalue weighted by molar-refractivity contribution is -0.121. The summed E-state index contributed by atoms with van der Waals surface area (Å²) in [6.07, 6.45) is 6.54. The predicted molar refractivity (Wildman–Crippen MR) is 76.2 cm³/mol. The second-order valence-corrected chi connectivity index (χ2v) is 6.21. The van der Waals surface area contributed by atoms with Crippen molar-refractivity contribution in [3.63, 3.8) is 0 Å². The van der Waals surface area contributed by atoms with Crippen LogP contribution in [0.4, 0.5) is 5.69 Å². The fourth-order valence-electron chi connectivity index (χ4n) is 3.89. The Morgan fingerprint density at radius 2 is 2.30 bits per heavy atom. The molecule has 4 rings (SSSR count). The molecule has 20 heavy (non-hydrogen) atoms. The van der Waals surface area contributed by atoms with E-state index in [2.05, 4.69) is 20.5 Å². The molecule has 1 amide bonds. The molecule has 5 nitrogen and oxygen atoms in total. The van der Waals surface area contributed by atoms with Gasteiger partial charge in [-0.15, -0.1) is 0 Å². The van der Waals surface area contributed by atoms with Crippen molar-refractivity contribution in [3.8, 4) is 0 Å². The summed E-state index contributed by atoms with van der Waals surface area (Å²) in [4.78, 5) is 16.7. The minimum absolute atomic E-state index is 0.166. The van der Waals surface area contributed by atoms with Gasteiger partial charge in [-0.3, -0.25) is 9.89 Å². The van der Waals surface area contributed by atoms with Gasteiger partial charge in [0.15, 0.2) is 5.65 Å². The summed E-state index contributed by atoms with van der Waals surface area (Å²) in [6, 6.07) is 1.95. The highest BCUT2D eigenvalue weighted by molar-refractivity contribution is 5.94. The van der Waals surface area contributed by atoms with Gasteiger partial charge in [-0.05, 0) is 44.1 Å². The van der Waals surface area contributed by atoms with Gasteiger partial charge in [0, 0.05) is 17.0 Å². The molecule has 3 atom stereocenters. The van der Waals surface area contributed by atoms with Gasteiger partial charge in [0.2, 0.25) is 5.91 Å². The van der Waals surface area contributed by atoms with E-state index < -0.39 is 0 Å². The molecule has 2 aromatic heterocycles. The largest absolute Gasteiger partial charge is 0.324 e. The number of nitrogens with one attached hydrogen (secondary N) is 2. The molecule has 104 valence electrons. The quantitative estimate of drug-likeness (QED) is 0.881. The molecule has 2 aliphatic rings. The van der Waals surface area contributed by atoms with E-state index in [0.29, 0.717) is 11.6 Å². The third-order valence-electron chi connectivity index (χ3n) is 4.94. The summed E-state index contributed by atoms with van der Waals surface area (Å²) < 4.78 is 0. The number of H-pyrrole nitrogens is 1. The molecular formula is C15H18N4O. The molecule has 2 bridgehead atoms. The molecule has 2 saturated carbocycles. The highest BCUT2D eigenvalue weighted by Crippen LogP contribution is 2.48. The van der Waals surface area contributed by atoms with Crippen LogP contribution in [0.5, 0.6) is 0 Å². The van der Waals surface area contributed by atoms with Gasteiger partial charge in [-0.1, -0.05) is 6.42 Å². The number of aromatic nitrogens is 3. The van der Waals surface area contributed by atoms with Gasteiger partial charge in [0.05, 0.1) is 11.9 Å². The molecule has 0 radical (unpaired) electrons. The fraction of sp³-hybridized carbons (Fsp3) is 0.533. The molecule has 0 aromatic carbocycles. The van der Waals surface area contributed by atoms with Crippen LogP contribution < -0.4 is 5.32 Å². The van der Waals surface area contributed by atoms with Crippen molar-refractivity contribution in [1.29, 1.82) is 0 Å². The smallest absolute Gasteiger partial charge is 0.227 e. The van der Waals surface area contributed by atoms with Gasteiger partial charge in [0.1, 0.15) is 0 Å². The Morgan fingerprint density at radius 1 is 1.40 bits per heavy atom. The normalized spacial score (nSPS) is 28.1. The number of fused-ring (bicyclic) bond motifs is 3. The van der Waals surface area contributed by atoms with E-state index in [4.69, 9.17) is 0 Å². The summed E-state index contributed by atoms with van der Waals surface area (Å²) in [5.74, 6) is 1.76. The second kappa shape index (κ2) is 4.30. The van der Waals surface area contributed by atoms with E-state index in [1.807, 2.05) is 13.0 Å². The summed E-state index contributed by atoms with van der Waals surface area (Å²) in [5, 5.41) is 11.0. The van der Waals surface area contributed by atoms with Crippen molar-refractivity contribution in [2.45, 2.75) is 32.6 Å². The summed E-state index contributed by atoms with van der Waals surface area (Å²) >= 11 is 0. The zero-order valence-corrected chi connectivity index (χ0v) is 11.5. The van der Waals surface area contributed by atoms with E-state index in [1.165, 1.54) is 19.3 Å². The third-order valence-corrected chi connectivity index (χ3v) is 4.94. The number of hydrogen-bond acceptors (Lipinski definition) is 3. The zero-order chi connectivity index (χ0) is 13.7. The first-order chi connectivity index (χ1) is 9.70. The summed E-state index contributed by atoms with van der Waals surface area (Å²) in [7, 11) is 0. The molecule has 0 saturated heterocycles. The monoisotopic (exact) mass is 270 g/mol. The maximum absolute atomic E-state index is 12.4. The highest BCUT2D eigenvalue weighted by atomic mass is 16.1. The lowest BCUT2D eigenvalue weighted by Gasteiger charge is -2.20. The molecular weight excluding hydrogens is 252 g/mol. The van der Waals surface area contributed by atoms with Crippen molar-refractivity contribution >= 4 is 22.6 Å². The van der Waals surface area contributed by atoms with Crippen LogP contribution in [0.3, 0.4) is 0 Å². The number of carbonyl (C=O) groups is 1. The number of aryl methyl sites for hydroxylation is 1. The van der Waals surface area contributed by atoms with Crippen LogP contribution in [0, 0.1) is 24.7 Å². The van der Waals surface area contributed by atoms with E-state index >= 15 is 0 Å². The highest BCUT2D eigenvalue weighted by Gasteiger charge is 2.43. The number of amides is 1. The topological polar surface area (TPSA) is 70.7 Å². The molecule has 2 fully saturated rings. The first-order valence-corrected chi connectivity index (χ1v) is 7.32. The van der Waals surface area contributed by atoms with E-state index in [9.17, 15) is 4.79 Å². The Kier molecular flexibility index (Phi) is 2.55. The number of aromatic amines is 1. The number of hydrogen-bond donors (Lipinski definition) is 2. The molecule has 0 aliphatic heterocycles. The minimum Gasteiger partial charge on any atom is -0.324 e. The van der Waals surface area contributed by atoms with Crippen molar-refractivity contribution in [2.75, 3.05) is 5.32 Å². The summed E-state index contributed by atoms with van der Waals surface area (Å²) in [6.45, 7) is 1.96. The van der Waals surface area contributed by atoms with Crippen molar-refractivity contribution in [1.82, 2.24) is 15.2 Å². The van der Waals surface area contributed by atoms with Crippen molar-refractivity contribution < 1.29 is 4.79 Å². The Morgan fingerprint density at radius 3 is 3.05 bits per heavy atom. The zero-order valence-electron chi connectivity index (χ0n) is 11.5. The van der Waals surface area contributed by atoms with Gasteiger partial charge < -0.3 is 5.32 Å². The lowest BCUT2D eigenvalue weighted by Crippen LogP contribution is -2.27. The van der Waals surface area contributed by atoms with Crippen LogP contribution >= 0.6 is 0 Å². The number of rotatable bonds is 2. The molecule has 3 unspecified atom stereocenters. The Hall–Kier alpha value is -1.91. The van der Waals surface area contributed by atoms with Crippen molar-refractivity contribution in [2.24, 2.45) is 17.8 Å². The Balaban J connectivity index is 1.55. The minimum atomic E-state index is 0.166. The SMILES string of the molecule is Cc1[nH]nc2ncc(NC(=O)C3CC4CCC3C4)cc12. The number of anilines is 1. The van der Waals surface area contributed by atoms with Gasteiger partial charge in [-0.25, -0.2) is 4.98 Å². The molecule has 2 aliphatic carbocycles. The Bertz CT molecular complexity index is 678. The predicted octanol–water partition coefficient (Wildman–Crippen LogP) is 2.64. The van der Waals surface area contributed by atoms with Crippen LogP contribution in [0.2, 0.25) is 0 Å². The number of nitrogens with zero attached hydrogens (tertiary/aromatic N) is 2. The van der Waals surface area contributed by atoms with Gasteiger partial charge in [0.25, 0.3) is 0 Å². The van der Waals surface area contributed by atoms with E-state index in [0.717, 1.165) is 29.1 Å². The first kappa shape index (κ1) is 11.9. The standard InChI is InChI=1S/C15H18N4O/c1-8-12-6-11(7-16-14(12)19-18-8)17-15(20)13-5-9-2-3-10(13)4-9/h6-7,9-10,13H,2-5H2,1H3,(H,17,20)(H,16,18,19). The van der Waals surface area contributed by atoms with E-state index in [1.54, 1.807) is 6.20 Å². The molecule has 5 heteroatoms. The maximum Gasteiger partial charge on any atom is 0.227 e. The van der Waals surface area contributed by atoms with Crippen LogP contribution in [0.25, 0.3) is 11.0 Å². The van der Waals surface area contributed by atoms with Gasteiger partial charge >= 0.3 is 0 Å². The van der Waals surface area contributed by atoms with E-state index in [-0.39, 0.29) is 11.8 Å². The van der Waals surface area contributed by atoms with Gasteiger partial charge in [-0.2, -0.15) is 5.10 Å². The molecule has 2 heterocycles. The Labute approximate surface area is 117 Å². The molecule has 2 aromatic rings. The number of carbonyl (C=O) groups excluding carboxylic acids is 1. The maximum atomic E-state index is 12.4. The number of pyridine rings is 1. The lowest BCUT2D eigenvalue weighted by atomic mass is 9.88. The third kappa shape index (κ3) is 1.80. The van der Waals surface area contributed by atoms with Crippen LogP contribution in [-0.4, -0.2) is 21.1 Å². The molecule has 0 spiro atoms. The first-order valence-electron chi connectivity index (χ1n) is 7.32. The van der Waals surface area contributed by atoms with Crippen LogP contribution in [0.1, 0.15) is 31.4 Å². The van der Waals surface area contributed by atoms with Crippen LogP contribution in [-0.2, 0) is 4.79 Å². The average Bonchev–Trinajstić information content (AvgIpc) is 3.15. The van der Waals surface area contributed by atoms with Crippen molar-refractivity contribution in [3.05, 3.63) is 18.0 Å². The fourth-order valence-corrected chi connectivity index (χ4v) is 3.89. The second-order valence-electron chi connectivity index (χ2n) is 6.21. The molecule has 2 N–H and O–H groups in total. The average molecular weight is 270 g/mol. The van der Waals surface area contributed by atoms with Crippen LogP contribution in [0.15, 0.2) is 12.3 Å².